The summed E-state index contributed by atoms with van der Waals surface area (Å²) < 4.78 is 5.20. The van der Waals surface area contributed by atoms with Crippen molar-refractivity contribution in [3.63, 3.8) is 0 Å². The smallest absolute Gasteiger partial charge is 0.320 e. The molecule has 0 saturated carbocycles. The Labute approximate surface area is 109 Å². The number of aromatic nitrogens is 1. The first-order valence-electron chi connectivity index (χ1n) is 6.28. The number of aryl methyl sites for hydroxylation is 1. The molecular formula is C14H22N2O2. The molecule has 0 radical (unpaired) electrons. The lowest BCUT2D eigenvalue weighted by molar-refractivity contribution is -0.153. The molecule has 0 fully saturated rings. The number of carbonyl (C=O) groups is 1. The summed E-state index contributed by atoms with van der Waals surface area (Å²) in [5.74, 6) is -0.242. The van der Waals surface area contributed by atoms with E-state index in [4.69, 9.17) is 4.74 Å². The van der Waals surface area contributed by atoms with Crippen molar-refractivity contribution < 1.29 is 9.53 Å². The molecule has 0 saturated heterocycles. The molecule has 0 aliphatic carbocycles. The minimum Gasteiger partial charge on any atom is -0.459 e. The third-order valence-electron chi connectivity index (χ3n) is 2.22. The van der Waals surface area contributed by atoms with Crippen LogP contribution in [0.15, 0.2) is 18.2 Å². The Bertz CT molecular complexity index is 397. The van der Waals surface area contributed by atoms with Crippen LogP contribution in [0.5, 0.6) is 0 Å². The summed E-state index contributed by atoms with van der Waals surface area (Å²) in [6, 6.07) is 5.93. The second-order valence-electron chi connectivity index (χ2n) is 5.16. The molecule has 1 heterocycles. The van der Waals surface area contributed by atoms with E-state index in [-0.39, 0.29) is 12.5 Å². The molecule has 4 nitrogen and oxygen atoms in total. The highest BCUT2D eigenvalue weighted by molar-refractivity contribution is 5.72. The summed E-state index contributed by atoms with van der Waals surface area (Å²) in [5, 5.41) is 3.04. The van der Waals surface area contributed by atoms with Crippen LogP contribution in [-0.2, 0) is 22.5 Å². The van der Waals surface area contributed by atoms with Gasteiger partial charge in [-0.15, -0.1) is 0 Å². The van der Waals surface area contributed by atoms with Crippen LogP contribution in [0.2, 0.25) is 0 Å². The van der Waals surface area contributed by atoms with E-state index in [2.05, 4.69) is 17.2 Å². The topological polar surface area (TPSA) is 51.2 Å². The van der Waals surface area contributed by atoms with Gasteiger partial charge in [0.25, 0.3) is 0 Å². The van der Waals surface area contributed by atoms with Gasteiger partial charge in [-0.3, -0.25) is 9.78 Å². The van der Waals surface area contributed by atoms with E-state index in [1.165, 1.54) is 0 Å². The van der Waals surface area contributed by atoms with Gasteiger partial charge in [0.15, 0.2) is 0 Å². The average Bonchev–Trinajstić information content (AvgIpc) is 2.27. The second-order valence-corrected chi connectivity index (χ2v) is 5.16. The maximum atomic E-state index is 11.5. The van der Waals surface area contributed by atoms with Crippen molar-refractivity contribution in [2.75, 3.05) is 6.54 Å². The molecule has 1 rings (SSSR count). The lowest BCUT2D eigenvalue weighted by Crippen LogP contribution is -2.31. The molecular weight excluding hydrogens is 228 g/mol. The highest BCUT2D eigenvalue weighted by Crippen LogP contribution is 2.06. The monoisotopic (exact) mass is 250 g/mol. The summed E-state index contributed by atoms with van der Waals surface area (Å²) in [6.07, 6.45) is 0.917. The van der Waals surface area contributed by atoms with Crippen molar-refractivity contribution in [2.45, 2.75) is 46.3 Å². The van der Waals surface area contributed by atoms with Gasteiger partial charge in [0.05, 0.1) is 12.2 Å². The lowest BCUT2D eigenvalue weighted by Gasteiger charge is -2.19. The van der Waals surface area contributed by atoms with Crippen molar-refractivity contribution >= 4 is 5.97 Å². The molecule has 0 spiro atoms. The SMILES string of the molecule is CCc1cccc(CNCC(=O)OC(C)(C)C)n1. The molecule has 0 aliphatic rings. The van der Waals surface area contributed by atoms with Crippen LogP contribution in [0.25, 0.3) is 0 Å². The Morgan fingerprint density at radius 2 is 2.00 bits per heavy atom. The fraction of sp³-hybridized carbons (Fsp3) is 0.571. The maximum Gasteiger partial charge on any atom is 0.320 e. The lowest BCUT2D eigenvalue weighted by atomic mass is 10.2. The van der Waals surface area contributed by atoms with Crippen molar-refractivity contribution in [3.05, 3.63) is 29.6 Å². The van der Waals surface area contributed by atoms with Gasteiger partial charge in [-0.05, 0) is 39.3 Å². The molecule has 1 aromatic rings. The maximum absolute atomic E-state index is 11.5. The molecule has 0 aliphatic heterocycles. The van der Waals surface area contributed by atoms with Gasteiger partial charge in [0.1, 0.15) is 5.60 Å². The van der Waals surface area contributed by atoms with Crippen LogP contribution in [0.4, 0.5) is 0 Å². The molecule has 0 bridgehead atoms. The zero-order chi connectivity index (χ0) is 13.6. The third-order valence-corrected chi connectivity index (χ3v) is 2.22. The van der Waals surface area contributed by atoms with Gasteiger partial charge in [0, 0.05) is 12.2 Å². The molecule has 0 aromatic carbocycles. The summed E-state index contributed by atoms with van der Waals surface area (Å²) in [7, 11) is 0. The van der Waals surface area contributed by atoms with Gasteiger partial charge in [-0.1, -0.05) is 13.0 Å². The molecule has 100 valence electrons. The quantitative estimate of drug-likeness (QED) is 0.813. The first kappa shape index (κ1) is 14.6. The molecule has 18 heavy (non-hydrogen) atoms. The fourth-order valence-electron chi connectivity index (χ4n) is 1.49. The van der Waals surface area contributed by atoms with E-state index in [1.54, 1.807) is 0 Å². The van der Waals surface area contributed by atoms with E-state index in [0.29, 0.717) is 6.54 Å². The molecule has 0 amide bonds. The minimum absolute atomic E-state index is 0.204. The number of esters is 1. The molecule has 4 heteroatoms. The standard InChI is InChI=1S/C14H22N2O2/c1-5-11-7-6-8-12(16-11)9-15-10-13(17)18-14(2,3)4/h6-8,15H,5,9-10H2,1-4H3. The van der Waals surface area contributed by atoms with Crippen molar-refractivity contribution in [1.29, 1.82) is 0 Å². The van der Waals surface area contributed by atoms with Crippen molar-refractivity contribution in [2.24, 2.45) is 0 Å². The van der Waals surface area contributed by atoms with Gasteiger partial charge < -0.3 is 10.1 Å². The van der Waals surface area contributed by atoms with Crippen LogP contribution in [0.3, 0.4) is 0 Å². The number of rotatable bonds is 5. The van der Waals surface area contributed by atoms with E-state index in [9.17, 15) is 4.79 Å². The van der Waals surface area contributed by atoms with Crippen LogP contribution in [0.1, 0.15) is 39.1 Å². The fourth-order valence-corrected chi connectivity index (χ4v) is 1.49. The predicted octanol–water partition coefficient (Wildman–Crippen LogP) is 2.08. The van der Waals surface area contributed by atoms with Gasteiger partial charge in [-0.25, -0.2) is 0 Å². The number of nitrogens with one attached hydrogen (secondary N) is 1. The zero-order valence-electron chi connectivity index (χ0n) is 11.6. The van der Waals surface area contributed by atoms with E-state index >= 15 is 0 Å². The van der Waals surface area contributed by atoms with Gasteiger partial charge >= 0.3 is 5.97 Å². The number of pyridine rings is 1. The minimum atomic E-state index is -0.431. The Hall–Kier alpha value is -1.42. The Morgan fingerprint density at radius 3 is 2.61 bits per heavy atom. The first-order chi connectivity index (χ1) is 8.40. The average molecular weight is 250 g/mol. The van der Waals surface area contributed by atoms with E-state index in [0.717, 1.165) is 17.8 Å². The zero-order valence-corrected chi connectivity index (χ0v) is 11.6. The number of hydrogen-bond donors (Lipinski definition) is 1. The molecule has 0 unspecified atom stereocenters. The summed E-state index contributed by atoms with van der Waals surface area (Å²) >= 11 is 0. The number of nitrogens with zero attached hydrogens (tertiary/aromatic N) is 1. The van der Waals surface area contributed by atoms with Crippen LogP contribution >= 0.6 is 0 Å². The summed E-state index contributed by atoms with van der Waals surface area (Å²) in [5.41, 5.74) is 1.57. The van der Waals surface area contributed by atoms with Crippen molar-refractivity contribution in [3.8, 4) is 0 Å². The van der Waals surface area contributed by atoms with Gasteiger partial charge in [0.2, 0.25) is 0 Å². The highest BCUT2D eigenvalue weighted by Gasteiger charge is 2.15. The van der Waals surface area contributed by atoms with Gasteiger partial charge in [-0.2, -0.15) is 0 Å². The molecule has 1 aromatic heterocycles. The number of carbonyl (C=O) groups excluding carboxylic acids is 1. The Kier molecular flexibility index (Phi) is 5.28. The Balaban J connectivity index is 2.35. The molecule has 1 N–H and O–H groups in total. The third kappa shape index (κ3) is 5.77. The normalized spacial score (nSPS) is 11.3. The number of hydrogen-bond acceptors (Lipinski definition) is 4. The predicted molar refractivity (Wildman–Crippen MR) is 71.2 cm³/mol. The first-order valence-corrected chi connectivity index (χ1v) is 6.28. The second kappa shape index (κ2) is 6.50. The van der Waals surface area contributed by atoms with Crippen LogP contribution < -0.4 is 5.32 Å². The summed E-state index contributed by atoms with van der Waals surface area (Å²) in [6.45, 7) is 8.42. The van der Waals surface area contributed by atoms with Crippen molar-refractivity contribution in [1.82, 2.24) is 10.3 Å². The molecule has 0 atom stereocenters. The van der Waals surface area contributed by atoms with E-state index < -0.39 is 5.60 Å². The van der Waals surface area contributed by atoms with Crippen LogP contribution in [0, 0.1) is 0 Å². The highest BCUT2D eigenvalue weighted by atomic mass is 16.6. The van der Waals surface area contributed by atoms with Crippen LogP contribution in [-0.4, -0.2) is 23.1 Å². The Morgan fingerprint density at radius 1 is 1.33 bits per heavy atom. The van der Waals surface area contributed by atoms with E-state index in [1.807, 2.05) is 39.0 Å². The number of ether oxygens (including phenoxy) is 1. The summed E-state index contributed by atoms with van der Waals surface area (Å²) in [4.78, 5) is 15.9. The largest absolute Gasteiger partial charge is 0.459 e.